The van der Waals surface area contributed by atoms with E-state index in [4.69, 9.17) is 5.73 Å². The number of nitrogens with one attached hydrogen (secondary N) is 1. The van der Waals surface area contributed by atoms with Gasteiger partial charge in [-0.1, -0.05) is 0 Å². The van der Waals surface area contributed by atoms with Gasteiger partial charge in [-0.15, -0.1) is 0 Å². The van der Waals surface area contributed by atoms with Gasteiger partial charge in [0.15, 0.2) is 0 Å². The van der Waals surface area contributed by atoms with Crippen molar-refractivity contribution in [1.82, 2.24) is 19.9 Å². The van der Waals surface area contributed by atoms with E-state index in [1.54, 1.807) is 24.7 Å². The number of nitrogens with zero attached hydrogens (tertiary/aromatic N) is 3. The second-order valence-corrected chi connectivity index (χ2v) is 3.87. The van der Waals surface area contributed by atoms with E-state index >= 15 is 0 Å². The molecule has 0 atom stereocenters. The summed E-state index contributed by atoms with van der Waals surface area (Å²) >= 11 is 0. The number of nitrogen functional groups attached to an aromatic ring is 1. The van der Waals surface area contributed by atoms with Gasteiger partial charge >= 0.3 is 0 Å². The smallest absolute Gasteiger partial charge is 0.270 e. The molecule has 0 aromatic carbocycles. The first-order valence-electron chi connectivity index (χ1n) is 5.42. The van der Waals surface area contributed by atoms with Crippen molar-refractivity contribution in [3.05, 3.63) is 17.7 Å². The largest absolute Gasteiger partial charge is 0.383 e. The van der Waals surface area contributed by atoms with Crippen LogP contribution in [0.1, 0.15) is 23.2 Å². The van der Waals surface area contributed by atoms with Gasteiger partial charge in [-0.3, -0.25) is 4.79 Å². The van der Waals surface area contributed by atoms with Crippen LogP contribution in [-0.2, 0) is 7.05 Å². The zero-order valence-electron chi connectivity index (χ0n) is 10.1. The van der Waals surface area contributed by atoms with Crippen molar-refractivity contribution in [1.29, 1.82) is 0 Å². The van der Waals surface area contributed by atoms with Crippen LogP contribution in [0.15, 0.2) is 6.20 Å². The third kappa shape index (κ3) is 1.82. The molecule has 6 nitrogen and oxygen atoms in total. The fourth-order valence-corrected chi connectivity index (χ4v) is 1.85. The van der Waals surface area contributed by atoms with Crippen LogP contribution in [0.25, 0.3) is 10.9 Å². The maximum atomic E-state index is 11.9. The van der Waals surface area contributed by atoms with E-state index in [1.807, 2.05) is 6.92 Å². The molecule has 0 spiro atoms. The fourth-order valence-electron chi connectivity index (χ4n) is 1.85. The molecular weight excluding hydrogens is 218 g/mol. The molecule has 0 aliphatic heterocycles. The number of nitrogens with two attached hydrogens (primary N) is 1. The number of hydrogen-bond donors (Lipinski definition) is 2. The number of aryl methyl sites for hydroxylation is 2. The highest BCUT2D eigenvalue weighted by Crippen LogP contribution is 2.22. The number of carbonyl (C=O) groups is 1. The molecule has 0 aliphatic rings. The van der Waals surface area contributed by atoms with Crippen molar-refractivity contribution in [2.45, 2.75) is 13.8 Å². The lowest BCUT2D eigenvalue weighted by atomic mass is 10.3. The van der Waals surface area contributed by atoms with Crippen LogP contribution >= 0.6 is 0 Å². The number of fused-ring (bicyclic) bond motifs is 1. The topological polar surface area (TPSA) is 85.8 Å². The van der Waals surface area contributed by atoms with Crippen LogP contribution < -0.4 is 11.1 Å². The maximum absolute atomic E-state index is 11.9. The summed E-state index contributed by atoms with van der Waals surface area (Å²) in [6.07, 6.45) is 1.77. The highest BCUT2D eigenvalue weighted by atomic mass is 16.1. The molecule has 0 bridgehead atoms. The summed E-state index contributed by atoms with van der Waals surface area (Å²) in [5.41, 5.74) is 6.93. The van der Waals surface area contributed by atoms with Crippen molar-refractivity contribution in [2.75, 3.05) is 12.3 Å². The van der Waals surface area contributed by atoms with Gasteiger partial charge < -0.3 is 15.6 Å². The first-order valence-corrected chi connectivity index (χ1v) is 5.42. The van der Waals surface area contributed by atoms with Gasteiger partial charge in [0.25, 0.3) is 5.91 Å². The Balaban J connectivity index is 2.70. The van der Waals surface area contributed by atoms with E-state index in [1.165, 1.54) is 0 Å². The lowest BCUT2D eigenvalue weighted by Gasteiger charge is -2.04. The molecule has 0 radical (unpaired) electrons. The van der Waals surface area contributed by atoms with Crippen LogP contribution in [0, 0.1) is 6.92 Å². The minimum atomic E-state index is -0.150. The van der Waals surface area contributed by atoms with E-state index in [-0.39, 0.29) is 5.91 Å². The summed E-state index contributed by atoms with van der Waals surface area (Å²) in [7, 11) is 1.79. The predicted octanol–water partition coefficient (Wildman–Crippen LogP) is 0.609. The standard InChI is InChI=1S/C11H15N5O/c1-4-13-11(17)9-8-7(5-16(9)3)10(12)15-6(2)14-8/h5H,4H2,1-3H3,(H,13,17)(H2,12,14,15). The SMILES string of the molecule is CCNC(=O)c1c2nc(C)nc(N)c2cn1C. The Morgan fingerprint density at radius 1 is 1.53 bits per heavy atom. The van der Waals surface area contributed by atoms with Crippen molar-refractivity contribution in [3.8, 4) is 0 Å². The van der Waals surface area contributed by atoms with Crippen molar-refractivity contribution < 1.29 is 4.79 Å². The number of amides is 1. The molecule has 0 fully saturated rings. The fraction of sp³-hybridized carbons (Fsp3) is 0.364. The molecular formula is C11H15N5O. The maximum Gasteiger partial charge on any atom is 0.270 e. The normalized spacial score (nSPS) is 10.8. The molecule has 90 valence electrons. The Labute approximate surface area is 98.8 Å². The van der Waals surface area contributed by atoms with Gasteiger partial charge in [-0.2, -0.15) is 0 Å². The van der Waals surface area contributed by atoms with Crippen LogP contribution in [0.4, 0.5) is 5.82 Å². The van der Waals surface area contributed by atoms with E-state index in [0.717, 1.165) is 0 Å². The third-order valence-corrected chi connectivity index (χ3v) is 2.54. The Hall–Kier alpha value is -2.11. The molecule has 0 unspecified atom stereocenters. The Morgan fingerprint density at radius 3 is 2.88 bits per heavy atom. The number of rotatable bonds is 2. The monoisotopic (exact) mass is 233 g/mol. The Morgan fingerprint density at radius 2 is 2.24 bits per heavy atom. The minimum Gasteiger partial charge on any atom is -0.383 e. The first kappa shape index (κ1) is 11.4. The highest BCUT2D eigenvalue weighted by Gasteiger charge is 2.18. The Kier molecular flexibility index (Phi) is 2.71. The zero-order valence-corrected chi connectivity index (χ0v) is 10.1. The second-order valence-electron chi connectivity index (χ2n) is 3.87. The van der Waals surface area contributed by atoms with Crippen LogP contribution in [0.3, 0.4) is 0 Å². The van der Waals surface area contributed by atoms with E-state index < -0.39 is 0 Å². The van der Waals surface area contributed by atoms with Crippen LogP contribution in [-0.4, -0.2) is 27.0 Å². The third-order valence-electron chi connectivity index (χ3n) is 2.54. The van der Waals surface area contributed by atoms with E-state index in [2.05, 4.69) is 15.3 Å². The molecule has 17 heavy (non-hydrogen) atoms. The molecule has 3 N–H and O–H groups in total. The molecule has 0 saturated heterocycles. The first-order chi connectivity index (χ1) is 8.04. The van der Waals surface area contributed by atoms with Gasteiger partial charge in [0.1, 0.15) is 22.9 Å². The number of hydrogen-bond acceptors (Lipinski definition) is 4. The molecule has 2 aromatic heterocycles. The number of aromatic nitrogens is 3. The average Bonchev–Trinajstić information content (AvgIpc) is 2.55. The number of carbonyl (C=O) groups excluding carboxylic acids is 1. The van der Waals surface area contributed by atoms with Crippen LogP contribution in [0.5, 0.6) is 0 Å². The van der Waals surface area contributed by atoms with E-state index in [9.17, 15) is 4.79 Å². The summed E-state index contributed by atoms with van der Waals surface area (Å²) < 4.78 is 1.72. The minimum absolute atomic E-state index is 0.150. The molecule has 2 rings (SSSR count). The van der Waals surface area contributed by atoms with Crippen molar-refractivity contribution >= 4 is 22.6 Å². The molecule has 2 heterocycles. The van der Waals surface area contributed by atoms with Crippen LogP contribution in [0.2, 0.25) is 0 Å². The molecule has 0 saturated carbocycles. The van der Waals surface area contributed by atoms with E-state index in [0.29, 0.717) is 34.8 Å². The Bertz CT molecular complexity index is 587. The average molecular weight is 233 g/mol. The van der Waals surface area contributed by atoms with Crippen molar-refractivity contribution in [2.24, 2.45) is 7.05 Å². The molecule has 6 heteroatoms. The summed E-state index contributed by atoms with van der Waals surface area (Å²) in [6.45, 7) is 4.20. The van der Waals surface area contributed by atoms with Gasteiger partial charge in [0.05, 0.1) is 5.39 Å². The van der Waals surface area contributed by atoms with Gasteiger partial charge in [-0.05, 0) is 13.8 Å². The van der Waals surface area contributed by atoms with Crippen molar-refractivity contribution in [3.63, 3.8) is 0 Å². The zero-order chi connectivity index (χ0) is 12.6. The predicted molar refractivity (Wildman–Crippen MR) is 65.7 cm³/mol. The lowest BCUT2D eigenvalue weighted by Crippen LogP contribution is -2.25. The van der Waals surface area contributed by atoms with Gasteiger partial charge in [0, 0.05) is 19.8 Å². The molecule has 2 aromatic rings. The summed E-state index contributed by atoms with van der Waals surface area (Å²) in [5.74, 6) is 0.813. The van der Waals surface area contributed by atoms with Gasteiger partial charge in [0.2, 0.25) is 0 Å². The summed E-state index contributed by atoms with van der Waals surface area (Å²) in [6, 6.07) is 0. The summed E-state index contributed by atoms with van der Waals surface area (Å²) in [4.78, 5) is 20.3. The second kappa shape index (κ2) is 4.04. The molecule has 1 amide bonds. The number of anilines is 1. The highest BCUT2D eigenvalue weighted by molar-refractivity contribution is 6.06. The molecule has 0 aliphatic carbocycles. The van der Waals surface area contributed by atoms with Gasteiger partial charge in [-0.25, -0.2) is 9.97 Å². The summed E-state index contributed by atoms with van der Waals surface area (Å²) in [5, 5.41) is 3.47. The lowest BCUT2D eigenvalue weighted by molar-refractivity contribution is 0.0949. The quantitative estimate of drug-likeness (QED) is 0.795.